The summed E-state index contributed by atoms with van der Waals surface area (Å²) in [6.45, 7) is 0. The highest BCUT2D eigenvalue weighted by molar-refractivity contribution is 5.90. The normalized spacial score (nSPS) is 13.0. The zero-order chi connectivity index (χ0) is 16.7. The molecule has 3 aromatic rings. The smallest absolute Gasteiger partial charge is 0.356 e. The van der Waals surface area contributed by atoms with E-state index in [1.807, 2.05) is 36.5 Å². The first kappa shape index (κ1) is 14.6. The van der Waals surface area contributed by atoms with Crippen LogP contribution >= 0.6 is 0 Å². The van der Waals surface area contributed by atoms with Gasteiger partial charge in [0.15, 0.2) is 11.5 Å². The summed E-state index contributed by atoms with van der Waals surface area (Å²) in [5.74, 6) is -0.354. The van der Waals surface area contributed by atoms with E-state index in [1.54, 1.807) is 11.7 Å². The molecule has 0 unspecified atom stereocenters. The van der Waals surface area contributed by atoms with E-state index in [-0.39, 0.29) is 5.69 Å². The van der Waals surface area contributed by atoms with Gasteiger partial charge in [0.05, 0.1) is 11.4 Å². The molecule has 2 aromatic heterocycles. The van der Waals surface area contributed by atoms with Crippen molar-refractivity contribution in [3.63, 3.8) is 0 Å². The van der Waals surface area contributed by atoms with Gasteiger partial charge in [-0.3, -0.25) is 4.68 Å². The second kappa shape index (κ2) is 5.56. The summed E-state index contributed by atoms with van der Waals surface area (Å²) in [4.78, 5) is 20.7. The van der Waals surface area contributed by atoms with Crippen molar-refractivity contribution in [2.24, 2.45) is 7.05 Å². The lowest BCUT2D eigenvalue weighted by Crippen LogP contribution is -2.03. The average Bonchev–Trinajstić information content (AvgIpc) is 2.81. The van der Waals surface area contributed by atoms with Gasteiger partial charge in [-0.05, 0) is 24.8 Å². The Morgan fingerprint density at radius 2 is 2.00 bits per heavy atom. The summed E-state index contributed by atoms with van der Waals surface area (Å²) in [6, 6.07) is 9.77. The van der Waals surface area contributed by atoms with Gasteiger partial charge in [0.2, 0.25) is 0 Å². The SMILES string of the molecule is Cn1nc(C(=O)O)c2c1-c1nc(-c3ccccc3)ncc1CCC2. The zero-order valence-corrected chi connectivity index (χ0v) is 13.2. The number of fused-ring (bicyclic) bond motifs is 3. The van der Waals surface area contributed by atoms with Crippen LogP contribution in [0.15, 0.2) is 36.5 Å². The van der Waals surface area contributed by atoms with Gasteiger partial charge < -0.3 is 5.11 Å². The van der Waals surface area contributed by atoms with Gasteiger partial charge >= 0.3 is 5.97 Å². The largest absolute Gasteiger partial charge is 0.476 e. The van der Waals surface area contributed by atoms with Crippen molar-refractivity contribution in [1.29, 1.82) is 0 Å². The van der Waals surface area contributed by atoms with E-state index in [9.17, 15) is 9.90 Å². The van der Waals surface area contributed by atoms with Crippen LogP contribution in [-0.4, -0.2) is 30.8 Å². The molecule has 1 aliphatic rings. The minimum atomic E-state index is -0.993. The van der Waals surface area contributed by atoms with Crippen LogP contribution in [0.2, 0.25) is 0 Å². The highest BCUT2D eigenvalue weighted by Gasteiger charge is 2.27. The second-order valence-corrected chi connectivity index (χ2v) is 5.89. The van der Waals surface area contributed by atoms with Gasteiger partial charge in [0, 0.05) is 24.4 Å². The highest BCUT2D eigenvalue weighted by Crippen LogP contribution is 2.33. The van der Waals surface area contributed by atoms with Crippen LogP contribution < -0.4 is 0 Å². The third-order valence-corrected chi connectivity index (χ3v) is 4.34. The van der Waals surface area contributed by atoms with Crippen molar-refractivity contribution in [1.82, 2.24) is 19.7 Å². The molecule has 0 aliphatic heterocycles. The summed E-state index contributed by atoms with van der Waals surface area (Å²) in [5.41, 5.74) is 4.44. The number of hydrogen-bond acceptors (Lipinski definition) is 4. The van der Waals surface area contributed by atoms with E-state index in [4.69, 9.17) is 4.98 Å². The van der Waals surface area contributed by atoms with Crippen LogP contribution in [0.5, 0.6) is 0 Å². The zero-order valence-electron chi connectivity index (χ0n) is 13.2. The standard InChI is InChI=1S/C18H16N4O2/c1-22-16-13(15(21-22)18(23)24)9-5-8-12-10-19-17(20-14(12)16)11-6-3-2-4-7-11/h2-4,6-7,10H,5,8-9H2,1H3,(H,23,24). The number of carboxylic acid groups (broad SMARTS) is 1. The van der Waals surface area contributed by atoms with Gasteiger partial charge in [-0.2, -0.15) is 5.10 Å². The first-order chi connectivity index (χ1) is 11.6. The summed E-state index contributed by atoms with van der Waals surface area (Å²) in [7, 11) is 1.77. The minimum Gasteiger partial charge on any atom is -0.476 e. The molecule has 1 N–H and O–H groups in total. The fourth-order valence-electron chi connectivity index (χ4n) is 3.25. The molecule has 2 heterocycles. The van der Waals surface area contributed by atoms with Crippen LogP contribution in [-0.2, 0) is 19.9 Å². The molecular formula is C18H16N4O2. The summed E-state index contributed by atoms with van der Waals surface area (Å²) in [5, 5.41) is 13.6. The van der Waals surface area contributed by atoms with Gasteiger partial charge in [-0.1, -0.05) is 30.3 Å². The fourth-order valence-corrected chi connectivity index (χ4v) is 3.25. The maximum absolute atomic E-state index is 11.5. The number of benzene rings is 1. The van der Waals surface area contributed by atoms with E-state index in [2.05, 4.69) is 10.1 Å². The van der Waals surface area contributed by atoms with Crippen LogP contribution in [0.3, 0.4) is 0 Å². The molecule has 0 saturated carbocycles. The Hall–Kier alpha value is -3.02. The maximum Gasteiger partial charge on any atom is 0.356 e. The molecule has 6 nitrogen and oxygen atoms in total. The Bertz CT molecular complexity index is 932. The van der Waals surface area contributed by atoms with Crippen molar-refractivity contribution in [3.05, 3.63) is 53.3 Å². The average molecular weight is 320 g/mol. The first-order valence-corrected chi connectivity index (χ1v) is 7.86. The monoisotopic (exact) mass is 320 g/mol. The van der Waals surface area contributed by atoms with E-state index in [0.29, 0.717) is 12.2 Å². The van der Waals surface area contributed by atoms with Gasteiger partial charge in [0.1, 0.15) is 0 Å². The first-order valence-electron chi connectivity index (χ1n) is 7.86. The lowest BCUT2D eigenvalue weighted by molar-refractivity contribution is 0.0688. The fraction of sp³-hybridized carbons (Fsp3) is 0.222. The number of carboxylic acids is 1. The van der Waals surface area contributed by atoms with Crippen LogP contribution in [0.1, 0.15) is 28.0 Å². The van der Waals surface area contributed by atoms with Crippen LogP contribution in [0, 0.1) is 0 Å². The number of rotatable bonds is 2. The molecule has 0 saturated heterocycles. The van der Waals surface area contributed by atoms with Crippen molar-refractivity contribution in [2.75, 3.05) is 0 Å². The third kappa shape index (κ3) is 2.27. The molecular weight excluding hydrogens is 304 g/mol. The molecule has 0 atom stereocenters. The number of aromatic nitrogens is 4. The minimum absolute atomic E-state index is 0.125. The van der Waals surface area contributed by atoms with Gasteiger partial charge in [-0.25, -0.2) is 14.8 Å². The molecule has 1 aliphatic carbocycles. The van der Waals surface area contributed by atoms with Crippen LogP contribution in [0.25, 0.3) is 22.8 Å². The molecule has 0 radical (unpaired) electrons. The Kier molecular flexibility index (Phi) is 3.37. The molecule has 24 heavy (non-hydrogen) atoms. The molecule has 4 rings (SSSR count). The van der Waals surface area contributed by atoms with Crippen molar-refractivity contribution in [3.8, 4) is 22.8 Å². The number of carbonyl (C=O) groups is 1. The van der Waals surface area contributed by atoms with Gasteiger partial charge in [-0.15, -0.1) is 0 Å². The lowest BCUT2D eigenvalue weighted by Gasteiger charge is -2.09. The predicted octanol–water partition coefficient (Wildman–Crippen LogP) is 2.73. The molecule has 0 amide bonds. The lowest BCUT2D eigenvalue weighted by atomic mass is 10.1. The molecule has 1 aromatic carbocycles. The van der Waals surface area contributed by atoms with Crippen LogP contribution in [0.4, 0.5) is 0 Å². The molecule has 0 spiro atoms. The molecule has 0 fully saturated rings. The number of aryl methyl sites for hydroxylation is 2. The Morgan fingerprint density at radius 1 is 1.21 bits per heavy atom. The quantitative estimate of drug-likeness (QED) is 0.785. The summed E-state index contributed by atoms with van der Waals surface area (Å²) < 4.78 is 1.63. The second-order valence-electron chi connectivity index (χ2n) is 5.89. The van der Waals surface area contributed by atoms with Crippen molar-refractivity contribution in [2.45, 2.75) is 19.3 Å². The highest BCUT2D eigenvalue weighted by atomic mass is 16.4. The molecule has 120 valence electrons. The Morgan fingerprint density at radius 3 is 2.75 bits per heavy atom. The number of aromatic carboxylic acids is 1. The molecule has 6 heteroatoms. The van der Waals surface area contributed by atoms with Gasteiger partial charge in [0.25, 0.3) is 0 Å². The van der Waals surface area contributed by atoms with E-state index >= 15 is 0 Å². The Balaban J connectivity index is 1.94. The summed E-state index contributed by atoms with van der Waals surface area (Å²) >= 11 is 0. The van der Waals surface area contributed by atoms with Crippen molar-refractivity contribution < 1.29 is 9.90 Å². The summed E-state index contributed by atoms with van der Waals surface area (Å²) in [6.07, 6.45) is 4.23. The number of nitrogens with zero attached hydrogens (tertiary/aromatic N) is 4. The maximum atomic E-state index is 11.5. The van der Waals surface area contributed by atoms with E-state index < -0.39 is 5.97 Å². The topological polar surface area (TPSA) is 80.9 Å². The molecule has 0 bridgehead atoms. The Labute approximate surface area is 138 Å². The van der Waals surface area contributed by atoms with E-state index in [1.165, 1.54) is 0 Å². The third-order valence-electron chi connectivity index (χ3n) is 4.34. The number of hydrogen-bond donors (Lipinski definition) is 1. The van der Waals surface area contributed by atoms with E-state index in [0.717, 1.165) is 40.9 Å². The predicted molar refractivity (Wildman–Crippen MR) is 88.7 cm³/mol. The van der Waals surface area contributed by atoms with Crippen molar-refractivity contribution >= 4 is 5.97 Å².